The van der Waals surface area contributed by atoms with Crippen LogP contribution >= 0.6 is 0 Å². The van der Waals surface area contributed by atoms with E-state index in [0.29, 0.717) is 0 Å². The zero-order valence-electron chi connectivity index (χ0n) is 14.1. The number of hydrogen-bond donors (Lipinski definition) is 0. The van der Waals surface area contributed by atoms with Gasteiger partial charge in [-0.15, -0.1) is 0 Å². The van der Waals surface area contributed by atoms with Crippen molar-refractivity contribution in [1.29, 1.82) is 0 Å². The van der Waals surface area contributed by atoms with E-state index in [4.69, 9.17) is 0 Å². The largest absolute Gasteiger partial charge is 0.0648 e. The molecule has 0 amide bonds. The van der Waals surface area contributed by atoms with E-state index in [-0.39, 0.29) is 0 Å². The van der Waals surface area contributed by atoms with Crippen LogP contribution < -0.4 is 0 Å². The second-order valence-corrected chi connectivity index (χ2v) is 8.46. The fourth-order valence-electron chi connectivity index (χ4n) is 6.44. The van der Waals surface area contributed by atoms with Gasteiger partial charge in [-0.1, -0.05) is 65.2 Å². The highest BCUT2D eigenvalue weighted by Gasteiger charge is 2.58. The van der Waals surface area contributed by atoms with Crippen LogP contribution in [0.1, 0.15) is 104 Å². The summed E-state index contributed by atoms with van der Waals surface area (Å²) in [7, 11) is 0. The second-order valence-electron chi connectivity index (χ2n) is 8.46. The maximum Gasteiger partial charge on any atom is -0.0261 e. The average molecular weight is 277 g/mol. The van der Waals surface area contributed by atoms with Gasteiger partial charge in [0.05, 0.1) is 0 Å². The molecule has 0 heteroatoms. The van der Waals surface area contributed by atoms with E-state index < -0.39 is 0 Å². The molecule has 0 aromatic heterocycles. The van der Waals surface area contributed by atoms with Gasteiger partial charge >= 0.3 is 0 Å². The van der Waals surface area contributed by atoms with Crippen molar-refractivity contribution in [3.8, 4) is 0 Å². The Balaban J connectivity index is 1.68. The predicted molar refractivity (Wildman–Crippen MR) is 87.8 cm³/mol. The summed E-state index contributed by atoms with van der Waals surface area (Å²) in [6.45, 7) is 4.99. The van der Waals surface area contributed by atoms with E-state index in [1.807, 2.05) is 0 Å². The van der Waals surface area contributed by atoms with Gasteiger partial charge < -0.3 is 0 Å². The normalized spacial score (nSPS) is 40.5. The fraction of sp³-hybridized carbons (Fsp3) is 1.00. The van der Waals surface area contributed by atoms with Gasteiger partial charge in [0.15, 0.2) is 0 Å². The summed E-state index contributed by atoms with van der Waals surface area (Å²) >= 11 is 0. The summed E-state index contributed by atoms with van der Waals surface area (Å²) < 4.78 is 0. The fourth-order valence-corrected chi connectivity index (χ4v) is 6.44. The molecule has 116 valence electrons. The molecule has 0 aromatic carbocycles. The lowest BCUT2D eigenvalue weighted by Gasteiger charge is -2.64. The summed E-state index contributed by atoms with van der Waals surface area (Å²) in [5.74, 6) is 2.18. The molecule has 0 N–H and O–H groups in total. The number of rotatable bonds is 4. The Morgan fingerprint density at radius 1 is 0.600 bits per heavy atom. The summed E-state index contributed by atoms with van der Waals surface area (Å²) in [4.78, 5) is 0. The molecule has 3 rings (SSSR count). The Hall–Kier alpha value is 0. The van der Waals surface area contributed by atoms with E-state index in [0.717, 1.165) is 22.7 Å². The molecule has 3 aliphatic carbocycles. The molecule has 0 unspecified atom stereocenters. The molecule has 3 fully saturated rings. The predicted octanol–water partition coefficient (Wildman–Crippen LogP) is 6.73. The van der Waals surface area contributed by atoms with E-state index in [2.05, 4.69) is 13.8 Å². The van der Waals surface area contributed by atoms with Gasteiger partial charge in [0.2, 0.25) is 0 Å². The van der Waals surface area contributed by atoms with Gasteiger partial charge in [0, 0.05) is 0 Å². The van der Waals surface area contributed by atoms with E-state index in [1.54, 1.807) is 38.5 Å². The molecular formula is C20H36. The highest BCUT2D eigenvalue weighted by atomic mass is 14.6. The molecule has 0 nitrogen and oxygen atoms in total. The Morgan fingerprint density at radius 2 is 0.950 bits per heavy atom. The minimum atomic E-state index is 0.772. The lowest BCUT2D eigenvalue weighted by molar-refractivity contribution is -0.137. The van der Waals surface area contributed by atoms with E-state index in [1.165, 1.54) is 51.4 Å². The lowest BCUT2D eigenvalue weighted by atomic mass is 9.41. The second kappa shape index (κ2) is 6.01. The van der Waals surface area contributed by atoms with Crippen molar-refractivity contribution in [3.05, 3.63) is 0 Å². The van der Waals surface area contributed by atoms with Crippen molar-refractivity contribution in [3.63, 3.8) is 0 Å². The summed E-state index contributed by atoms with van der Waals surface area (Å²) in [6.07, 6.45) is 21.5. The van der Waals surface area contributed by atoms with E-state index >= 15 is 0 Å². The molecule has 3 aliphatic rings. The van der Waals surface area contributed by atoms with Crippen molar-refractivity contribution in [2.24, 2.45) is 22.7 Å². The van der Waals surface area contributed by atoms with Crippen LogP contribution in [0.4, 0.5) is 0 Å². The molecular weight excluding hydrogens is 240 g/mol. The third kappa shape index (κ3) is 2.46. The van der Waals surface area contributed by atoms with Gasteiger partial charge in [-0.25, -0.2) is 0 Å². The van der Waals surface area contributed by atoms with Crippen molar-refractivity contribution in [2.75, 3.05) is 0 Å². The maximum atomic E-state index is 2.50. The molecule has 0 heterocycles. The minimum Gasteiger partial charge on any atom is -0.0648 e. The Bertz CT molecular complexity index is 268. The smallest absolute Gasteiger partial charge is 0.0261 e. The van der Waals surface area contributed by atoms with Crippen molar-refractivity contribution in [1.82, 2.24) is 0 Å². The molecule has 0 bridgehead atoms. The Kier molecular flexibility index (Phi) is 4.48. The first-order valence-corrected chi connectivity index (χ1v) is 9.75. The van der Waals surface area contributed by atoms with Crippen LogP contribution in [0, 0.1) is 22.7 Å². The highest BCUT2D eigenvalue weighted by molar-refractivity contribution is 5.08. The third-order valence-corrected chi connectivity index (χ3v) is 7.76. The minimum absolute atomic E-state index is 0.772. The monoisotopic (exact) mass is 276 g/mol. The molecule has 0 spiro atoms. The molecule has 0 aromatic rings. The first-order chi connectivity index (χ1) is 9.75. The van der Waals surface area contributed by atoms with Crippen LogP contribution in [0.2, 0.25) is 0 Å². The van der Waals surface area contributed by atoms with Crippen LogP contribution in [0.25, 0.3) is 0 Å². The van der Waals surface area contributed by atoms with Crippen LogP contribution in [-0.2, 0) is 0 Å². The zero-order chi connectivity index (χ0) is 14.1. The average Bonchev–Trinajstić information content (AvgIpc) is 2.50. The van der Waals surface area contributed by atoms with E-state index in [9.17, 15) is 0 Å². The van der Waals surface area contributed by atoms with Crippen LogP contribution in [0.15, 0.2) is 0 Å². The maximum absolute atomic E-state index is 2.50. The van der Waals surface area contributed by atoms with Crippen molar-refractivity contribution >= 4 is 0 Å². The topological polar surface area (TPSA) is 0 Å². The van der Waals surface area contributed by atoms with Gasteiger partial charge in [0.1, 0.15) is 0 Å². The summed E-state index contributed by atoms with van der Waals surface area (Å²) in [5, 5.41) is 0. The molecule has 20 heavy (non-hydrogen) atoms. The first-order valence-electron chi connectivity index (χ1n) is 9.75. The molecule has 0 aliphatic heterocycles. The molecule has 0 saturated heterocycles. The van der Waals surface area contributed by atoms with Gasteiger partial charge in [-0.05, 0) is 61.2 Å². The standard InChI is InChI=1S/C20H36/c1-3-19(17-11-7-5-8-12-17)15-20(4-2,16-19)18-13-9-6-10-14-18/h17-18H,3-16H2,1-2H3. The van der Waals surface area contributed by atoms with Crippen molar-refractivity contribution in [2.45, 2.75) is 104 Å². The van der Waals surface area contributed by atoms with Crippen molar-refractivity contribution < 1.29 is 0 Å². The first kappa shape index (κ1) is 14.9. The van der Waals surface area contributed by atoms with Crippen LogP contribution in [-0.4, -0.2) is 0 Å². The quantitative estimate of drug-likeness (QED) is 0.533. The van der Waals surface area contributed by atoms with Gasteiger partial charge in [0.25, 0.3) is 0 Å². The van der Waals surface area contributed by atoms with Gasteiger partial charge in [-0.2, -0.15) is 0 Å². The molecule has 0 atom stereocenters. The zero-order valence-corrected chi connectivity index (χ0v) is 14.1. The Morgan fingerprint density at radius 3 is 1.25 bits per heavy atom. The third-order valence-electron chi connectivity index (χ3n) is 7.76. The van der Waals surface area contributed by atoms with Crippen LogP contribution in [0.5, 0.6) is 0 Å². The van der Waals surface area contributed by atoms with Gasteiger partial charge in [-0.3, -0.25) is 0 Å². The summed E-state index contributed by atoms with van der Waals surface area (Å²) in [5.41, 5.74) is 1.54. The SMILES string of the molecule is CCC1(C2CCCCC2)CC(CC)(C2CCCCC2)C1. The molecule has 0 radical (unpaired) electrons. The summed E-state index contributed by atoms with van der Waals surface area (Å²) in [6, 6.07) is 0. The number of hydrogen-bond acceptors (Lipinski definition) is 0. The lowest BCUT2D eigenvalue weighted by Crippen LogP contribution is -2.54. The highest BCUT2D eigenvalue weighted by Crippen LogP contribution is 2.68. The molecule has 3 saturated carbocycles. The van der Waals surface area contributed by atoms with Crippen LogP contribution in [0.3, 0.4) is 0 Å². The Labute approximate surface area is 127 Å².